The van der Waals surface area contributed by atoms with Crippen LogP contribution >= 0.6 is 0 Å². The van der Waals surface area contributed by atoms with Crippen molar-refractivity contribution < 1.29 is 118 Å². The normalized spacial score (nSPS) is 46.8. The molecule has 6 heterocycles. The van der Waals surface area contributed by atoms with E-state index in [2.05, 4.69) is 0 Å². The second-order valence-electron chi connectivity index (χ2n) is 17.9. The molecule has 0 aliphatic carbocycles. The van der Waals surface area contributed by atoms with Crippen LogP contribution in [0.2, 0.25) is 0 Å². The second kappa shape index (κ2) is 28.4. The van der Waals surface area contributed by atoms with Crippen molar-refractivity contribution in [2.45, 2.75) is 174 Å². The van der Waals surface area contributed by atoms with Crippen LogP contribution in [0.4, 0.5) is 0 Å². The first kappa shape index (κ1) is 59.2. The maximum atomic E-state index is 7.08. The molecule has 0 saturated carbocycles. The Labute approximate surface area is 417 Å². The van der Waals surface area contributed by atoms with Crippen LogP contribution < -0.4 is 0 Å². The lowest BCUT2D eigenvalue weighted by atomic mass is 9.96. The van der Waals surface area contributed by atoms with E-state index in [1.165, 1.54) is 28.4 Å². The van der Waals surface area contributed by atoms with Crippen LogP contribution in [0, 0.1) is 0 Å². The van der Waals surface area contributed by atoms with Crippen molar-refractivity contribution in [3.63, 3.8) is 0 Å². The summed E-state index contributed by atoms with van der Waals surface area (Å²) in [7, 11) is 21.7. The standard InChI is InChI=1S/C46H82O25/c1-21-27(51-7)33(54-10)38(58-14)45(65-21)69-32-26(50-6)19-61-41(60-16)40(32)71-46-39(59-15)34(28(22(2)66-46)67-42-35(55-11)29(52-8)23(47-3)17-62-42)70-44-37(57-13)31(25(49-5)20-64-44)68-43-36(56-12)30(53-9)24(48-4)18-63-43/h21-46H,17-20H2,1-16H3/t21-,22-,23+,24+,25+,26+,27-,28-,29-,30-,31-,32-,33+,34+,35+,36+,37+,38+,39+,40+,41+,42-,43-,44-,45-,46-/m0/s1. The molecule has 25 nitrogen and oxygen atoms in total. The summed E-state index contributed by atoms with van der Waals surface area (Å²) in [4.78, 5) is 0. The summed E-state index contributed by atoms with van der Waals surface area (Å²) in [5.74, 6) is 0. The van der Waals surface area contributed by atoms with E-state index in [9.17, 15) is 0 Å². The molecular weight excluding hydrogens is 952 g/mol. The molecule has 0 radical (unpaired) electrons. The molecule has 26 atom stereocenters. The van der Waals surface area contributed by atoms with Gasteiger partial charge in [0.2, 0.25) is 0 Å². The maximum Gasteiger partial charge on any atom is 0.187 e. The fraction of sp³-hybridized carbons (Fsp3) is 1.00. The lowest BCUT2D eigenvalue weighted by Gasteiger charge is -2.51. The number of ether oxygens (including phenoxy) is 25. The molecule has 0 spiro atoms. The van der Waals surface area contributed by atoms with Gasteiger partial charge in [0.25, 0.3) is 0 Å². The smallest absolute Gasteiger partial charge is 0.187 e. The Morgan fingerprint density at radius 1 is 0.225 bits per heavy atom. The molecule has 416 valence electrons. The average Bonchev–Trinajstić information content (AvgIpc) is 3.39. The Balaban J connectivity index is 1.34. The first-order valence-corrected chi connectivity index (χ1v) is 23.9. The summed E-state index contributed by atoms with van der Waals surface area (Å²) < 4.78 is 155. The topological polar surface area (TPSA) is 231 Å². The molecule has 0 unspecified atom stereocenters. The Morgan fingerprint density at radius 3 is 0.901 bits per heavy atom. The largest absolute Gasteiger partial charge is 0.376 e. The van der Waals surface area contributed by atoms with Gasteiger partial charge in [-0.05, 0) is 13.8 Å². The maximum absolute atomic E-state index is 7.08. The summed E-state index contributed by atoms with van der Waals surface area (Å²) in [6.07, 6.45) is -20.9. The third kappa shape index (κ3) is 12.9. The molecular formula is C46H82O25. The summed E-state index contributed by atoms with van der Waals surface area (Å²) in [6, 6.07) is 0. The zero-order valence-electron chi connectivity index (χ0n) is 44.0. The highest BCUT2D eigenvalue weighted by Gasteiger charge is 2.58. The molecule has 0 amide bonds. The highest BCUT2D eigenvalue weighted by atomic mass is 16.8. The van der Waals surface area contributed by atoms with Crippen LogP contribution in [0.25, 0.3) is 0 Å². The minimum absolute atomic E-state index is 0.0173. The minimum atomic E-state index is -1.22. The lowest BCUT2D eigenvalue weighted by Crippen LogP contribution is -2.68. The summed E-state index contributed by atoms with van der Waals surface area (Å²) in [5, 5.41) is 0. The molecule has 6 fully saturated rings. The van der Waals surface area contributed by atoms with Gasteiger partial charge in [0.05, 0.1) is 38.6 Å². The van der Waals surface area contributed by atoms with E-state index in [0.717, 1.165) is 0 Å². The second-order valence-corrected chi connectivity index (χ2v) is 17.9. The average molecular weight is 1040 g/mol. The highest BCUT2D eigenvalue weighted by Crippen LogP contribution is 2.39. The molecule has 0 aromatic rings. The van der Waals surface area contributed by atoms with Crippen molar-refractivity contribution in [2.24, 2.45) is 0 Å². The third-order valence-electron chi connectivity index (χ3n) is 14.3. The molecule has 25 heteroatoms. The van der Waals surface area contributed by atoms with Crippen LogP contribution in [-0.4, -0.2) is 286 Å². The van der Waals surface area contributed by atoms with Gasteiger partial charge in [-0.1, -0.05) is 0 Å². The lowest BCUT2D eigenvalue weighted by molar-refractivity contribution is -0.404. The number of hydrogen-bond acceptors (Lipinski definition) is 25. The van der Waals surface area contributed by atoms with E-state index in [0.29, 0.717) is 0 Å². The number of methoxy groups -OCH3 is 14. The predicted molar refractivity (Wildman–Crippen MR) is 239 cm³/mol. The summed E-state index contributed by atoms with van der Waals surface area (Å²) in [5.41, 5.74) is 0. The number of hydrogen-bond donors (Lipinski definition) is 0. The van der Waals surface area contributed by atoms with E-state index in [1.807, 2.05) is 13.8 Å². The van der Waals surface area contributed by atoms with Gasteiger partial charge in [0.15, 0.2) is 37.7 Å². The van der Waals surface area contributed by atoms with Gasteiger partial charge in [-0.2, -0.15) is 0 Å². The Morgan fingerprint density at radius 2 is 0.507 bits per heavy atom. The fourth-order valence-electron chi connectivity index (χ4n) is 10.5. The Bertz CT molecular complexity index is 1510. The first-order chi connectivity index (χ1) is 34.4. The molecule has 0 aromatic heterocycles. The van der Waals surface area contributed by atoms with Gasteiger partial charge >= 0.3 is 0 Å². The molecule has 71 heavy (non-hydrogen) atoms. The van der Waals surface area contributed by atoms with Gasteiger partial charge in [-0.25, -0.2) is 0 Å². The molecule has 6 saturated heterocycles. The Kier molecular flexibility index (Phi) is 23.7. The van der Waals surface area contributed by atoms with Crippen LogP contribution in [0.1, 0.15) is 13.8 Å². The molecule has 0 aromatic carbocycles. The molecule has 6 aliphatic heterocycles. The SMILES string of the molecule is CO[C@@H]1OC[C@@H](OC)[C@H](O[C@@H]2O[C@@H](C)[C@H](OC)[C@@H](OC)[C@H]2OC)[C@H]1O[C@@H]1O[C@@H](C)[C@H](O[C@@H]2OC[C@@H](OC)[C@H](OC)[C@H]2OC)[C@@H](O[C@@H]2OC[C@@H](OC)[C@H](O[C@@H]3OC[C@@H](OC)[C@H](OC)[C@H]3OC)[C@H]2OC)[C@H]1OC. The van der Waals surface area contributed by atoms with Crippen molar-refractivity contribution in [2.75, 3.05) is 126 Å². The van der Waals surface area contributed by atoms with E-state index < -0.39 is 160 Å². The van der Waals surface area contributed by atoms with Gasteiger partial charge in [0, 0.05) is 99.5 Å². The minimum Gasteiger partial charge on any atom is -0.376 e. The third-order valence-corrected chi connectivity index (χ3v) is 14.3. The Hall–Kier alpha value is -1.00. The monoisotopic (exact) mass is 1030 g/mol. The van der Waals surface area contributed by atoms with Crippen molar-refractivity contribution in [1.29, 1.82) is 0 Å². The molecule has 0 bridgehead atoms. The van der Waals surface area contributed by atoms with E-state index in [4.69, 9.17) is 118 Å². The van der Waals surface area contributed by atoms with Crippen LogP contribution in [0.15, 0.2) is 0 Å². The van der Waals surface area contributed by atoms with Gasteiger partial charge in [-0.15, -0.1) is 0 Å². The first-order valence-electron chi connectivity index (χ1n) is 23.9. The summed E-state index contributed by atoms with van der Waals surface area (Å²) in [6.45, 7) is 4.08. The van der Waals surface area contributed by atoms with Crippen LogP contribution in [0.3, 0.4) is 0 Å². The van der Waals surface area contributed by atoms with E-state index in [-0.39, 0.29) is 26.4 Å². The highest BCUT2D eigenvalue weighted by molar-refractivity contribution is 4.99. The molecule has 6 rings (SSSR count). The predicted octanol–water partition coefficient (Wildman–Crippen LogP) is -0.331. The van der Waals surface area contributed by atoms with E-state index >= 15 is 0 Å². The van der Waals surface area contributed by atoms with Gasteiger partial charge < -0.3 is 118 Å². The zero-order valence-corrected chi connectivity index (χ0v) is 44.0. The molecule has 6 aliphatic rings. The summed E-state index contributed by atoms with van der Waals surface area (Å²) >= 11 is 0. The van der Waals surface area contributed by atoms with E-state index in [1.54, 1.807) is 71.1 Å². The van der Waals surface area contributed by atoms with Gasteiger partial charge in [0.1, 0.15) is 110 Å². The number of rotatable bonds is 24. The van der Waals surface area contributed by atoms with Gasteiger partial charge in [-0.3, -0.25) is 0 Å². The van der Waals surface area contributed by atoms with Crippen LogP contribution in [0.5, 0.6) is 0 Å². The van der Waals surface area contributed by atoms with Crippen molar-refractivity contribution >= 4 is 0 Å². The van der Waals surface area contributed by atoms with Crippen molar-refractivity contribution in [1.82, 2.24) is 0 Å². The van der Waals surface area contributed by atoms with Crippen LogP contribution in [-0.2, 0) is 118 Å². The molecule has 0 N–H and O–H groups in total. The zero-order chi connectivity index (χ0) is 51.5. The van der Waals surface area contributed by atoms with Crippen molar-refractivity contribution in [3.8, 4) is 0 Å². The fourth-order valence-corrected chi connectivity index (χ4v) is 10.5. The quantitative estimate of drug-likeness (QED) is 0.121. The van der Waals surface area contributed by atoms with Crippen molar-refractivity contribution in [3.05, 3.63) is 0 Å².